The zero-order valence-electron chi connectivity index (χ0n) is 8.45. The zero-order valence-corrected chi connectivity index (χ0v) is 10.8. The van der Waals surface area contributed by atoms with Gasteiger partial charge in [0.25, 0.3) is 0 Å². The standard InChI is InChI=1S/C11H11BrClN3/c12-10-6-15-11(16-10)9(5-14)7-1-3-8(13)4-2-7/h1-4,6,9H,5,14H2,(H,15,16). The Morgan fingerprint density at radius 3 is 2.56 bits per heavy atom. The minimum atomic E-state index is 0.0727. The molecule has 0 aliphatic heterocycles. The lowest BCUT2D eigenvalue weighted by molar-refractivity contribution is 0.764. The second-order valence-electron chi connectivity index (χ2n) is 3.46. The van der Waals surface area contributed by atoms with Crippen molar-refractivity contribution in [2.24, 2.45) is 5.73 Å². The van der Waals surface area contributed by atoms with Crippen LogP contribution < -0.4 is 5.73 Å². The van der Waals surface area contributed by atoms with Gasteiger partial charge >= 0.3 is 0 Å². The molecule has 3 nitrogen and oxygen atoms in total. The maximum atomic E-state index is 5.85. The Morgan fingerprint density at radius 1 is 1.38 bits per heavy atom. The summed E-state index contributed by atoms with van der Waals surface area (Å²) >= 11 is 9.18. The van der Waals surface area contributed by atoms with Crippen LogP contribution in [-0.4, -0.2) is 16.5 Å². The summed E-state index contributed by atoms with van der Waals surface area (Å²) in [6.07, 6.45) is 1.73. The van der Waals surface area contributed by atoms with E-state index in [0.29, 0.717) is 6.54 Å². The van der Waals surface area contributed by atoms with Crippen LogP contribution in [-0.2, 0) is 0 Å². The highest BCUT2D eigenvalue weighted by molar-refractivity contribution is 9.10. The van der Waals surface area contributed by atoms with E-state index in [1.54, 1.807) is 6.20 Å². The molecule has 84 valence electrons. The second kappa shape index (κ2) is 4.99. The third-order valence-electron chi connectivity index (χ3n) is 2.40. The topological polar surface area (TPSA) is 54.7 Å². The average molecular weight is 301 g/mol. The van der Waals surface area contributed by atoms with E-state index in [9.17, 15) is 0 Å². The van der Waals surface area contributed by atoms with Gasteiger partial charge in [0.2, 0.25) is 0 Å². The second-order valence-corrected chi connectivity index (χ2v) is 4.75. The van der Waals surface area contributed by atoms with Crippen molar-refractivity contribution in [3.05, 3.63) is 51.5 Å². The van der Waals surface area contributed by atoms with Gasteiger partial charge in [0, 0.05) is 11.6 Å². The van der Waals surface area contributed by atoms with E-state index in [0.717, 1.165) is 21.0 Å². The lowest BCUT2D eigenvalue weighted by Crippen LogP contribution is -2.15. The predicted octanol–water partition coefficient (Wildman–Crippen LogP) is 2.92. The highest BCUT2D eigenvalue weighted by Gasteiger charge is 2.15. The molecule has 0 saturated heterocycles. The van der Waals surface area contributed by atoms with Gasteiger partial charge in [-0.2, -0.15) is 0 Å². The van der Waals surface area contributed by atoms with Crippen LogP contribution in [0.25, 0.3) is 0 Å². The molecular formula is C11H11BrClN3. The van der Waals surface area contributed by atoms with E-state index < -0.39 is 0 Å². The number of halogens is 2. The predicted molar refractivity (Wildman–Crippen MR) is 68.6 cm³/mol. The highest BCUT2D eigenvalue weighted by Crippen LogP contribution is 2.23. The molecule has 0 aliphatic carbocycles. The zero-order chi connectivity index (χ0) is 11.5. The maximum Gasteiger partial charge on any atom is 0.115 e. The summed E-state index contributed by atoms with van der Waals surface area (Å²) in [6, 6.07) is 7.65. The number of hydrogen-bond donors (Lipinski definition) is 2. The van der Waals surface area contributed by atoms with Crippen molar-refractivity contribution in [3.8, 4) is 0 Å². The smallest absolute Gasteiger partial charge is 0.115 e. The van der Waals surface area contributed by atoms with Gasteiger partial charge in [0.05, 0.1) is 12.1 Å². The van der Waals surface area contributed by atoms with Gasteiger partial charge in [-0.15, -0.1) is 0 Å². The number of H-pyrrole nitrogens is 1. The number of imidazole rings is 1. The van der Waals surface area contributed by atoms with E-state index in [1.807, 2.05) is 24.3 Å². The number of nitrogens with two attached hydrogens (primary N) is 1. The molecule has 1 aromatic heterocycles. The molecule has 1 heterocycles. The van der Waals surface area contributed by atoms with Gasteiger partial charge < -0.3 is 10.7 Å². The van der Waals surface area contributed by atoms with Crippen molar-refractivity contribution in [1.29, 1.82) is 0 Å². The molecule has 3 N–H and O–H groups in total. The Bertz CT molecular complexity index is 466. The van der Waals surface area contributed by atoms with Crippen LogP contribution in [0, 0.1) is 0 Å². The lowest BCUT2D eigenvalue weighted by atomic mass is 9.99. The van der Waals surface area contributed by atoms with E-state index >= 15 is 0 Å². The number of nitrogens with zero attached hydrogens (tertiary/aromatic N) is 1. The summed E-state index contributed by atoms with van der Waals surface area (Å²) in [5, 5.41) is 0.722. The summed E-state index contributed by atoms with van der Waals surface area (Å²) in [5.74, 6) is 0.931. The molecule has 5 heteroatoms. The molecule has 0 amide bonds. The van der Waals surface area contributed by atoms with Crippen LogP contribution in [0.1, 0.15) is 17.3 Å². The van der Waals surface area contributed by atoms with Crippen molar-refractivity contribution in [3.63, 3.8) is 0 Å². The summed E-state index contributed by atoms with van der Waals surface area (Å²) in [7, 11) is 0. The fourth-order valence-corrected chi connectivity index (χ4v) is 2.02. The molecule has 1 atom stereocenters. The molecule has 0 radical (unpaired) electrons. The van der Waals surface area contributed by atoms with Crippen LogP contribution in [0.15, 0.2) is 35.1 Å². The number of benzene rings is 1. The number of rotatable bonds is 3. The molecule has 0 spiro atoms. The quantitative estimate of drug-likeness (QED) is 0.916. The molecule has 0 fully saturated rings. The van der Waals surface area contributed by atoms with Gasteiger partial charge in [0.15, 0.2) is 0 Å². The monoisotopic (exact) mass is 299 g/mol. The van der Waals surface area contributed by atoms with Gasteiger partial charge in [-0.1, -0.05) is 23.7 Å². The van der Waals surface area contributed by atoms with Gasteiger partial charge in [-0.05, 0) is 33.6 Å². The van der Waals surface area contributed by atoms with Crippen molar-refractivity contribution < 1.29 is 0 Å². The molecule has 1 aromatic carbocycles. The molecule has 0 aliphatic rings. The normalized spacial score (nSPS) is 12.7. The summed E-state index contributed by atoms with van der Waals surface area (Å²) in [6.45, 7) is 0.502. The number of hydrogen-bond acceptors (Lipinski definition) is 2. The Balaban J connectivity index is 2.32. The SMILES string of the molecule is NCC(c1ccc(Cl)cc1)c1ncc(Br)[nH]1. The molecule has 2 aromatic rings. The van der Waals surface area contributed by atoms with Crippen LogP contribution >= 0.6 is 27.5 Å². The molecule has 16 heavy (non-hydrogen) atoms. The third-order valence-corrected chi connectivity index (χ3v) is 3.06. The number of aromatic amines is 1. The van der Waals surface area contributed by atoms with Gasteiger partial charge in [0.1, 0.15) is 10.4 Å². The number of aromatic nitrogens is 2. The Labute approximate surface area is 107 Å². The first-order chi connectivity index (χ1) is 7.70. The fourth-order valence-electron chi connectivity index (χ4n) is 1.59. The van der Waals surface area contributed by atoms with Crippen LogP contribution in [0.3, 0.4) is 0 Å². The summed E-state index contributed by atoms with van der Waals surface area (Å²) in [5.41, 5.74) is 6.88. The molecule has 1 unspecified atom stereocenters. The van der Waals surface area contributed by atoms with Crippen molar-refractivity contribution in [1.82, 2.24) is 9.97 Å². The number of nitrogens with one attached hydrogen (secondary N) is 1. The lowest BCUT2D eigenvalue weighted by Gasteiger charge is -2.12. The summed E-state index contributed by atoms with van der Waals surface area (Å²) in [4.78, 5) is 7.40. The van der Waals surface area contributed by atoms with Crippen LogP contribution in [0.5, 0.6) is 0 Å². The van der Waals surface area contributed by atoms with Crippen molar-refractivity contribution in [2.75, 3.05) is 6.54 Å². The highest BCUT2D eigenvalue weighted by atomic mass is 79.9. The van der Waals surface area contributed by atoms with Crippen molar-refractivity contribution in [2.45, 2.75) is 5.92 Å². The van der Waals surface area contributed by atoms with E-state index in [4.69, 9.17) is 17.3 Å². The molecule has 0 bridgehead atoms. The fraction of sp³-hybridized carbons (Fsp3) is 0.182. The van der Waals surface area contributed by atoms with E-state index in [2.05, 4.69) is 25.9 Å². The Kier molecular flexibility index (Phi) is 3.63. The first kappa shape index (κ1) is 11.6. The van der Waals surface area contributed by atoms with E-state index in [-0.39, 0.29) is 5.92 Å². The van der Waals surface area contributed by atoms with Crippen molar-refractivity contribution >= 4 is 27.5 Å². The minimum Gasteiger partial charge on any atom is -0.336 e. The van der Waals surface area contributed by atoms with Crippen LogP contribution in [0.2, 0.25) is 5.02 Å². The third kappa shape index (κ3) is 2.45. The average Bonchev–Trinajstić information content (AvgIpc) is 2.69. The first-order valence-electron chi connectivity index (χ1n) is 4.86. The molecule has 0 saturated carbocycles. The molecule has 2 rings (SSSR count). The largest absolute Gasteiger partial charge is 0.336 e. The maximum absolute atomic E-state index is 5.85. The minimum absolute atomic E-state index is 0.0727. The van der Waals surface area contributed by atoms with Crippen LogP contribution in [0.4, 0.5) is 0 Å². The van der Waals surface area contributed by atoms with Gasteiger partial charge in [-0.25, -0.2) is 4.98 Å². The van der Waals surface area contributed by atoms with E-state index in [1.165, 1.54) is 0 Å². The Morgan fingerprint density at radius 2 is 2.06 bits per heavy atom. The first-order valence-corrected chi connectivity index (χ1v) is 6.03. The van der Waals surface area contributed by atoms with Gasteiger partial charge in [-0.3, -0.25) is 0 Å². The Hall–Kier alpha value is -0.840. The summed E-state index contributed by atoms with van der Waals surface area (Å²) < 4.78 is 0.856. The molecular weight excluding hydrogens is 289 g/mol.